The van der Waals surface area contributed by atoms with Crippen LogP contribution in [-0.4, -0.2) is 35.5 Å². The Morgan fingerprint density at radius 3 is 1.88 bits per heavy atom. The lowest BCUT2D eigenvalue weighted by Crippen LogP contribution is -2.34. The topological polar surface area (TPSA) is 98.9 Å². The molecule has 16 heavy (non-hydrogen) atoms. The molecule has 0 rings (SSSR count). The van der Waals surface area contributed by atoms with Crippen molar-refractivity contribution in [2.24, 2.45) is 5.73 Å². The first-order chi connectivity index (χ1) is 7.16. The van der Waals surface area contributed by atoms with Crippen molar-refractivity contribution >= 4 is 13.6 Å². The van der Waals surface area contributed by atoms with Gasteiger partial charge in [-0.05, 0) is 27.7 Å². The highest BCUT2D eigenvalue weighted by molar-refractivity contribution is 7.54. The Labute approximate surface area is 95.6 Å². The first-order valence-corrected chi connectivity index (χ1v) is 6.83. The Morgan fingerprint density at radius 1 is 1.25 bits per heavy atom. The molecule has 1 atom stereocenters. The van der Waals surface area contributed by atoms with Crippen molar-refractivity contribution in [3.8, 4) is 0 Å². The molecule has 0 amide bonds. The largest absolute Gasteiger partial charge is 0.480 e. The average molecular weight is 253 g/mol. The van der Waals surface area contributed by atoms with E-state index < -0.39 is 19.6 Å². The predicted octanol–water partition coefficient (Wildman–Crippen LogP) is 1.44. The zero-order valence-corrected chi connectivity index (χ0v) is 10.9. The van der Waals surface area contributed by atoms with Crippen LogP contribution in [0.2, 0.25) is 0 Å². The van der Waals surface area contributed by atoms with Gasteiger partial charge in [0.1, 0.15) is 6.04 Å². The first-order valence-electron chi connectivity index (χ1n) is 5.10. The summed E-state index contributed by atoms with van der Waals surface area (Å²) in [6.45, 7) is 6.79. The van der Waals surface area contributed by atoms with Gasteiger partial charge in [0, 0.05) is 0 Å². The van der Waals surface area contributed by atoms with Crippen molar-refractivity contribution in [1.29, 1.82) is 0 Å². The maximum absolute atomic E-state index is 12.2. The number of aliphatic carboxylic acids is 1. The van der Waals surface area contributed by atoms with Crippen LogP contribution in [0.1, 0.15) is 27.7 Å². The minimum Gasteiger partial charge on any atom is -0.480 e. The summed E-state index contributed by atoms with van der Waals surface area (Å²) in [6, 6.07) is -1.25. The number of hydrogen-bond acceptors (Lipinski definition) is 5. The molecular formula is C9H20NO5P. The summed E-state index contributed by atoms with van der Waals surface area (Å²) in [4.78, 5) is 10.6. The highest BCUT2D eigenvalue weighted by Gasteiger charge is 2.32. The fourth-order valence-corrected chi connectivity index (χ4v) is 3.22. The van der Waals surface area contributed by atoms with Crippen LogP contribution in [0, 0.1) is 0 Å². The SMILES string of the molecule is CC(C)OP(=O)(CC(N)C(=O)O)OC(C)C. The summed E-state index contributed by atoms with van der Waals surface area (Å²) in [5, 5.41) is 8.66. The van der Waals surface area contributed by atoms with Crippen molar-refractivity contribution < 1.29 is 23.5 Å². The molecule has 0 bridgehead atoms. The van der Waals surface area contributed by atoms with E-state index in [-0.39, 0.29) is 18.4 Å². The van der Waals surface area contributed by atoms with E-state index in [0.29, 0.717) is 0 Å². The molecule has 0 saturated heterocycles. The Kier molecular flexibility index (Phi) is 6.18. The number of nitrogens with two attached hydrogens (primary N) is 1. The van der Waals surface area contributed by atoms with Crippen LogP contribution < -0.4 is 5.73 Å². The lowest BCUT2D eigenvalue weighted by molar-refractivity contribution is -0.138. The third kappa shape index (κ3) is 6.23. The van der Waals surface area contributed by atoms with Gasteiger partial charge in [-0.15, -0.1) is 0 Å². The summed E-state index contributed by atoms with van der Waals surface area (Å²) in [6.07, 6.45) is -0.949. The second kappa shape index (κ2) is 6.35. The van der Waals surface area contributed by atoms with Gasteiger partial charge in [-0.2, -0.15) is 0 Å². The van der Waals surface area contributed by atoms with E-state index >= 15 is 0 Å². The summed E-state index contributed by atoms with van der Waals surface area (Å²) in [5.74, 6) is -1.22. The fourth-order valence-electron chi connectivity index (χ4n) is 1.07. The number of carboxylic acid groups (broad SMARTS) is 1. The van der Waals surface area contributed by atoms with Crippen molar-refractivity contribution in [2.45, 2.75) is 45.9 Å². The fraction of sp³-hybridized carbons (Fsp3) is 0.889. The van der Waals surface area contributed by atoms with Crippen molar-refractivity contribution in [3.63, 3.8) is 0 Å². The molecule has 0 spiro atoms. The van der Waals surface area contributed by atoms with Crippen LogP contribution in [-0.2, 0) is 18.4 Å². The minimum atomic E-state index is -3.45. The maximum atomic E-state index is 12.2. The molecule has 7 heteroatoms. The van der Waals surface area contributed by atoms with Gasteiger partial charge in [0.2, 0.25) is 0 Å². The van der Waals surface area contributed by atoms with Gasteiger partial charge < -0.3 is 19.9 Å². The summed E-state index contributed by atoms with van der Waals surface area (Å²) >= 11 is 0. The minimum absolute atomic E-state index is 0.314. The number of rotatable bonds is 7. The molecule has 3 N–H and O–H groups in total. The van der Waals surface area contributed by atoms with Gasteiger partial charge in [0.05, 0.1) is 18.4 Å². The van der Waals surface area contributed by atoms with Crippen LogP contribution >= 0.6 is 7.60 Å². The molecule has 0 heterocycles. The molecule has 0 saturated carbocycles. The summed E-state index contributed by atoms with van der Waals surface area (Å²) in [5.41, 5.74) is 5.32. The van der Waals surface area contributed by atoms with E-state index in [2.05, 4.69) is 0 Å². The van der Waals surface area contributed by atoms with Gasteiger partial charge >= 0.3 is 13.6 Å². The predicted molar refractivity (Wildman–Crippen MR) is 60.5 cm³/mol. The Hall–Kier alpha value is -0.420. The summed E-state index contributed by atoms with van der Waals surface area (Å²) in [7, 11) is -3.45. The zero-order valence-electron chi connectivity index (χ0n) is 10.0. The Morgan fingerprint density at radius 2 is 1.62 bits per heavy atom. The normalized spacial score (nSPS) is 14.4. The van der Waals surface area contributed by atoms with Gasteiger partial charge in [-0.3, -0.25) is 9.36 Å². The van der Waals surface area contributed by atoms with Crippen LogP contribution in [0.5, 0.6) is 0 Å². The highest BCUT2D eigenvalue weighted by Crippen LogP contribution is 2.50. The third-order valence-electron chi connectivity index (χ3n) is 1.48. The highest BCUT2D eigenvalue weighted by atomic mass is 31.2. The van der Waals surface area contributed by atoms with E-state index in [4.69, 9.17) is 19.9 Å². The lowest BCUT2D eigenvalue weighted by atomic mass is 10.4. The zero-order chi connectivity index (χ0) is 12.9. The molecule has 6 nitrogen and oxygen atoms in total. The van der Waals surface area contributed by atoms with E-state index in [9.17, 15) is 9.36 Å². The molecule has 0 radical (unpaired) electrons. The standard InChI is InChI=1S/C9H20NO5P/c1-6(2)14-16(13,15-7(3)4)5-8(10)9(11)12/h6-8H,5,10H2,1-4H3,(H,11,12). The van der Waals surface area contributed by atoms with Crippen LogP contribution in [0.4, 0.5) is 0 Å². The molecule has 1 unspecified atom stereocenters. The second-order valence-electron chi connectivity index (χ2n) is 4.05. The monoisotopic (exact) mass is 253 g/mol. The van der Waals surface area contributed by atoms with Crippen molar-refractivity contribution in [3.05, 3.63) is 0 Å². The number of carbonyl (C=O) groups is 1. The smallest absolute Gasteiger partial charge is 0.333 e. The molecule has 0 aliphatic carbocycles. The first kappa shape index (κ1) is 15.6. The van der Waals surface area contributed by atoms with Gasteiger partial charge in [0.15, 0.2) is 0 Å². The molecule has 0 aliphatic rings. The van der Waals surface area contributed by atoms with Crippen molar-refractivity contribution in [1.82, 2.24) is 0 Å². The average Bonchev–Trinajstić information content (AvgIpc) is 1.98. The Balaban J connectivity index is 4.66. The maximum Gasteiger partial charge on any atom is 0.333 e. The Bertz CT molecular complexity index is 265. The van der Waals surface area contributed by atoms with E-state index in [1.165, 1.54) is 0 Å². The second-order valence-corrected chi connectivity index (χ2v) is 6.06. The van der Waals surface area contributed by atoms with E-state index in [1.54, 1.807) is 27.7 Å². The van der Waals surface area contributed by atoms with Gasteiger partial charge in [-0.25, -0.2) is 0 Å². The molecular weight excluding hydrogens is 233 g/mol. The molecule has 0 aliphatic heterocycles. The number of carboxylic acids is 1. The van der Waals surface area contributed by atoms with E-state index in [1.807, 2.05) is 0 Å². The third-order valence-corrected chi connectivity index (χ3v) is 3.81. The van der Waals surface area contributed by atoms with Gasteiger partial charge in [0.25, 0.3) is 0 Å². The van der Waals surface area contributed by atoms with E-state index in [0.717, 1.165) is 0 Å². The molecule has 0 aromatic rings. The molecule has 0 aromatic carbocycles. The van der Waals surface area contributed by atoms with Crippen LogP contribution in [0.3, 0.4) is 0 Å². The van der Waals surface area contributed by atoms with Crippen LogP contribution in [0.25, 0.3) is 0 Å². The molecule has 96 valence electrons. The molecule has 0 fully saturated rings. The number of hydrogen-bond donors (Lipinski definition) is 2. The summed E-state index contributed by atoms with van der Waals surface area (Å²) < 4.78 is 22.5. The lowest BCUT2D eigenvalue weighted by Gasteiger charge is -2.23. The van der Waals surface area contributed by atoms with Gasteiger partial charge in [-0.1, -0.05) is 0 Å². The quantitative estimate of drug-likeness (QED) is 0.666. The van der Waals surface area contributed by atoms with Crippen LogP contribution in [0.15, 0.2) is 0 Å². The van der Waals surface area contributed by atoms with Crippen molar-refractivity contribution in [2.75, 3.05) is 6.16 Å². The molecule has 0 aromatic heterocycles.